The van der Waals surface area contributed by atoms with Crippen LogP contribution in [0.5, 0.6) is 0 Å². The smallest absolute Gasteiger partial charge is 0.410 e. The van der Waals surface area contributed by atoms with Gasteiger partial charge in [0.15, 0.2) is 0 Å². The van der Waals surface area contributed by atoms with Crippen LogP contribution in [0, 0.1) is 17.8 Å². The standard InChI is InChI=1S/C14H23NO5/c1-14(2,3)20-13(19)15-6-10(8-4-9(16)5-8)11(7-15)12(17)18/h8-11,16H,4-7H2,1-3H3,(H,17,18)/t8?,9?,10-,11+/m1/s1. The molecule has 0 bridgehead atoms. The number of hydrogen-bond donors (Lipinski definition) is 2. The predicted molar refractivity (Wildman–Crippen MR) is 71.2 cm³/mol. The molecule has 1 heterocycles. The highest BCUT2D eigenvalue weighted by atomic mass is 16.6. The second-order valence-electron chi connectivity index (χ2n) is 6.88. The minimum absolute atomic E-state index is 0.0802. The van der Waals surface area contributed by atoms with E-state index in [4.69, 9.17) is 4.74 Å². The Bertz CT molecular complexity index is 397. The van der Waals surface area contributed by atoms with Gasteiger partial charge in [0.2, 0.25) is 0 Å². The van der Waals surface area contributed by atoms with Crippen molar-refractivity contribution in [3.05, 3.63) is 0 Å². The molecule has 1 saturated heterocycles. The van der Waals surface area contributed by atoms with Gasteiger partial charge in [0.25, 0.3) is 0 Å². The summed E-state index contributed by atoms with van der Waals surface area (Å²) in [5, 5.41) is 18.7. The number of carboxylic acids is 1. The molecule has 1 amide bonds. The second-order valence-corrected chi connectivity index (χ2v) is 6.88. The molecule has 0 spiro atoms. The molecule has 1 aliphatic carbocycles. The minimum Gasteiger partial charge on any atom is -0.481 e. The number of aliphatic hydroxyl groups excluding tert-OH is 1. The monoisotopic (exact) mass is 285 g/mol. The Morgan fingerprint density at radius 2 is 1.80 bits per heavy atom. The molecule has 1 aliphatic heterocycles. The number of aliphatic hydroxyl groups is 1. The molecule has 0 aromatic carbocycles. The Labute approximate surface area is 118 Å². The molecular weight excluding hydrogens is 262 g/mol. The van der Waals surface area contributed by atoms with Crippen LogP contribution in [0.25, 0.3) is 0 Å². The number of nitrogens with zero attached hydrogens (tertiary/aromatic N) is 1. The zero-order valence-electron chi connectivity index (χ0n) is 12.2. The van der Waals surface area contributed by atoms with Gasteiger partial charge in [0.05, 0.1) is 12.0 Å². The first kappa shape index (κ1) is 15.1. The fraction of sp³-hybridized carbons (Fsp3) is 0.857. The summed E-state index contributed by atoms with van der Waals surface area (Å²) in [5.41, 5.74) is -0.583. The van der Waals surface area contributed by atoms with Gasteiger partial charge in [-0.15, -0.1) is 0 Å². The maximum Gasteiger partial charge on any atom is 0.410 e. The Balaban J connectivity index is 2.00. The molecule has 2 N–H and O–H groups in total. The van der Waals surface area contributed by atoms with Crippen molar-refractivity contribution in [1.29, 1.82) is 0 Å². The van der Waals surface area contributed by atoms with Gasteiger partial charge < -0.3 is 19.8 Å². The maximum absolute atomic E-state index is 12.0. The van der Waals surface area contributed by atoms with Crippen LogP contribution in [0.3, 0.4) is 0 Å². The molecule has 2 aliphatic rings. The summed E-state index contributed by atoms with van der Waals surface area (Å²) in [5.74, 6) is -1.32. The Morgan fingerprint density at radius 3 is 2.25 bits per heavy atom. The van der Waals surface area contributed by atoms with Gasteiger partial charge in [-0.05, 0) is 45.4 Å². The largest absolute Gasteiger partial charge is 0.481 e. The first-order valence-electron chi connectivity index (χ1n) is 7.06. The summed E-state index contributed by atoms with van der Waals surface area (Å²) >= 11 is 0. The number of carboxylic acid groups (broad SMARTS) is 1. The predicted octanol–water partition coefficient (Wildman–Crippen LogP) is 1.32. The van der Waals surface area contributed by atoms with Crippen molar-refractivity contribution in [2.45, 2.75) is 45.3 Å². The van der Waals surface area contributed by atoms with Crippen molar-refractivity contribution in [2.75, 3.05) is 13.1 Å². The van der Waals surface area contributed by atoms with Crippen molar-refractivity contribution in [1.82, 2.24) is 4.90 Å². The third-order valence-corrected chi connectivity index (χ3v) is 4.09. The van der Waals surface area contributed by atoms with Gasteiger partial charge in [0.1, 0.15) is 5.60 Å². The van der Waals surface area contributed by atoms with Crippen molar-refractivity contribution < 1.29 is 24.5 Å². The average Bonchev–Trinajstić information content (AvgIpc) is 2.66. The molecule has 0 radical (unpaired) electrons. The van der Waals surface area contributed by atoms with Crippen LogP contribution in [0.15, 0.2) is 0 Å². The van der Waals surface area contributed by atoms with Crippen LogP contribution in [-0.4, -0.2) is 52.0 Å². The fourth-order valence-corrected chi connectivity index (χ4v) is 3.02. The molecule has 0 aromatic heterocycles. The fourth-order valence-electron chi connectivity index (χ4n) is 3.02. The average molecular weight is 285 g/mol. The van der Waals surface area contributed by atoms with E-state index in [0.717, 1.165) is 0 Å². The quantitative estimate of drug-likeness (QED) is 0.799. The normalized spacial score (nSPS) is 33.7. The molecular formula is C14H23NO5. The van der Waals surface area contributed by atoms with Crippen LogP contribution < -0.4 is 0 Å². The lowest BCUT2D eigenvalue weighted by Crippen LogP contribution is -2.39. The van der Waals surface area contributed by atoms with Crippen LogP contribution in [-0.2, 0) is 9.53 Å². The highest BCUT2D eigenvalue weighted by molar-refractivity contribution is 5.74. The minimum atomic E-state index is -0.873. The van der Waals surface area contributed by atoms with E-state index < -0.39 is 23.6 Å². The zero-order chi connectivity index (χ0) is 15.1. The molecule has 6 nitrogen and oxygen atoms in total. The first-order chi connectivity index (χ1) is 9.17. The zero-order valence-corrected chi connectivity index (χ0v) is 12.2. The molecule has 1 saturated carbocycles. The van der Waals surface area contributed by atoms with Gasteiger partial charge in [0, 0.05) is 13.1 Å². The maximum atomic E-state index is 12.0. The van der Waals surface area contributed by atoms with E-state index in [1.807, 2.05) is 0 Å². The summed E-state index contributed by atoms with van der Waals surface area (Å²) in [4.78, 5) is 24.9. The topological polar surface area (TPSA) is 87.1 Å². The number of carbonyl (C=O) groups is 2. The number of aliphatic carboxylic acids is 1. The SMILES string of the molecule is CC(C)(C)OC(=O)N1C[C@H](C(=O)O)[C@@H](C2CC(O)C2)C1. The lowest BCUT2D eigenvalue weighted by Gasteiger charge is -2.37. The molecule has 2 atom stereocenters. The Kier molecular flexibility index (Phi) is 3.95. The van der Waals surface area contributed by atoms with E-state index in [2.05, 4.69) is 0 Å². The molecule has 114 valence electrons. The Morgan fingerprint density at radius 1 is 1.20 bits per heavy atom. The van der Waals surface area contributed by atoms with Gasteiger partial charge in [-0.2, -0.15) is 0 Å². The lowest BCUT2D eigenvalue weighted by molar-refractivity contribution is -0.144. The van der Waals surface area contributed by atoms with Crippen molar-refractivity contribution in [3.63, 3.8) is 0 Å². The number of carbonyl (C=O) groups excluding carboxylic acids is 1. The van der Waals surface area contributed by atoms with Gasteiger partial charge in [-0.25, -0.2) is 4.79 Å². The van der Waals surface area contributed by atoms with Crippen LogP contribution in [0.2, 0.25) is 0 Å². The van der Waals surface area contributed by atoms with Gasteiger partial charge in [-0.1, -0.05) is 0 Å². The summed E-state index contributed by atoms with van der Waals surface area (Å²) < 4.78 is 5.30. The van der Waals surface area contributed by atoms with Crippen LogP contribution in [0.1, 0.15) is 33.6 Å². The summed E-state index contributed by atoms with van der Waals surface area (Å²) in [6.07, 6.45) is 0.504. The second kappa shape index (κ2) is 5.24. The molecule has 6 heteroatoms. The number of ether oxygens (including phenoxy) is 1. The third kappa shape index (κ3) is 3.23. The molecule has 2 rings (SSSR count). The van der Waals surface area contributed by atoms with E-state index in [1.165, 1.54) is 4.90 Å². The van der Waals surface area contributed by atoms with E-state index in [0.29, 0.717) is 19.4 Å². The lowest BCUT2D eigenvalue weighted by atomic mass is 9.70. The van der Waals surface area contributed by atoms with Crippen molar-refractivity contribution in [2.24, 2.45) is 17.8 Å². The third-order valence-electron chi connectivity index (χ3n) is 4.09. The van der Waals surface area contributed by atoms with Gasteiger partial charge in [-0.3, -0.25) is 4.79 Å². The Hall–Kier alpha value is -1.30. The van der Waals surface area contributed by atoms with Crippen LogP contribution in [0.4, 0.5) is 4.79 Å². The van der Waals surface area contributed by atoms with Crippen molar-refractivity contribution >= 4 is 12.1 Å². The summed E-state index contributed by atoms with van der Waals surface area (Å²) in [6.45, 7) is 5.96. The van der Waals surface area contributed by atoms with E-state index in [1.54, 1.807) is 20.8 Å². The molecule has 20 heavy (non-hydrogen) atoms. The number of likely N-dealkylation sites (tertiary alicyclic amines) is 1. The van der Waals surface area contributed by atoms with Crippen molar-refractivity contribution in [3.8, 4) is 0 Å². The molecule has 2 fully saturated rings. The molecule has 0 aromatic rings. The number of amides is 1. The van der Waals surface area contributed by atoms with E-state index >= 15 is 0 Å². The number of rotatable bonds is 2. The highest BCUT2D eigenvalue weighted by Crippen LogP contribution is 2.41. The summed E-state index contributed by atoms with van der Waals surface area (Å²) in [6, 6.07) is 0. The summed E-state index contributed by atoms with van der Waals surface area (Å²) in [7, 11) is 0. The first-order valence-corrected chi connectivity index (χ1v) is 7.06. The highest BCUT2D eigenvalue weighted by Gasteiger charge is 2.47. The van der Waals surface area contributed by atoms with E-state index in [9.17, 15) is 19.8 Å². The van der Waals surface area contributed by atoms with E-state index in [-0.39, 0.29) is 24.5 Å². The van der Waals surface area contributed by atoms with Gasteiger partial charge >= 0.3 is 12.1 Å². The molecule has 0 unspecified atom stereocenters. The number of hydrogen-bond acceptors (Lipinski definition) is 4. The van der Waals surface area contributed by atoms with Crippen LogP contribution >= 0.6 is 0 Å².